The van der Waals surface area contributed by atoms with E-state index in [1.165, 1.54) is 36.3 Å². The van der Waals surface area contributed by atoms with E-state index in [4.69, 9.17) is 9.47 Å². The van der Waals surface area contributed by atoms with E-state index >= 15 is 0 Å². The molecule has 2 amide bonds. The Balaban J connectivity index is 1.93. The summed E-state index contributed by atoms with van der Waals surface area (Å²) in [5.41, 5.74) is 1.37. The van der Waals surface area contributed by atoms with E-state index in [1.54, 1.807) is 18.2 Å². The number of para-hydroxylation sites is 2. The van der Waals surface area contributed by atoms with Gasteiger partial charge in [-0.2, -0.15) is 0 Å². The number of imide groups is 1. The largest absolute Gasteiger partial charge is 0.495 e. The summed E-state index contributed by atoms with van der Waals surface area (Å²) in [6.07, 6.45) is 0.597. The van der Waals surface area contributed by atoms with Crippen molar-refractivity contribution in [3.8, 4) is 5.75 Å². The fourth-order valence-corrected chi connectivity index (χ4v) is 3.20. The molecule has 2 aromatic rings. The molecule has 158 valence electrons. The molecule has 0 saturated carbocycles. The van der Waals surface area contributed by atoms with Crippen LogP contribution in [0, 0.1) is 5.82 Å². The number of nitrogens with one attached hydrogen (secondary N) is 1. The van der Waals surface area contributed by atoms with Crippen molar-refractivity contribution < 1.29 is 23.5 Å². The third kappa shape index (κ3) is 4.68. The number of carbonyl (C=O) groups excluding carboxylic acids is 2. The Morgan fingerprint density at radius 1 is 1.03 bits per heavy atom. The molecule has 0 fully saturated rings. The van der Waals surface area contributed by atoms with Gasteiger partial charge in [0.25, 0.3) is 11.8 Å². The smallest absolute Gasteiger partial charge is 0.278 e. The van der Waals surface area contributed by atoms with Crippen molar-refractivity contribution in [2.24, 2.45) is 0 Å². The fraction of sp³-hybridized carbons (Fsp3) is 0.304. The standard InChI is InChI=1S/C23H25FN2O4/c1-15(2)30-14-6-13-26-22(27)20(16-9-11-17(24)12-10-16)21(23(26)28)25-18-7-4-5-8-19(18)29-3/h4-5,7-12,15,25H,6,13-14H2,1-3H3. The molecule has 1 heterocycles. The van der Waals surface area contributed by atoms with Gasteiger partial charge in [0.1, 0.15) is 17.3 Å². The first-order valence-electron chi connectivity index (χ1n) is 9.80. The molecule has 0 aromatic heterocycles. The van der Waals surface area contributed by atoms with Gasteiger partial charge in [-0.15, -0.1) is 0 Å². The number of amides is 2. The van der Waals surface area contributed by atoms with Gasteiger partial charge in [-0.25, -0.2) is 4.39 Å². The lowest BCUT2D eigenvalue weighted by molar-refractivity contribution is -0.137. The highest BCUT2D eigenvalue weighted by Crippen LogP contribution is 2.33. The summed E-state index contributed by atoms with van der Waals surface area (Å²) in [6, 6.07) is 12.6. The Morgan fingerprint density at radius 2 is 1.73 bits per heavy atom. The number of anilines is 1. The Labute approximate surface area is 175 Å². The van der Waals surface area contributed by atoms with E-state index in [9.17, 15) is 14.0 Å². The molecule has 0 saturated heterocycles. The molecular formula is C23H25FN2O4. The van der Waals surface area contributed by atoms with Crippen molar-refractivity contribution in [2.75, 3.05) is 25.6 Å². The van der Waals surface area contributed by atoms with Gasteiger partial charge in [-0.1, -0.05) is 24.3 Å². The van der Waals surface area contributed by atoms with Crippen molar-refractivity contribution >= 4 is 23.1 Å². The molecule has 1 aliphatic heterocycles. The molecule has 0 atom stereocenters. The summed E-state index contributed by atoms with van der Waals surface area (Å²) < 4.78 is 24.3. The first-order chi connectivity index (χ1) is 14.4. The highest BCUT2D eigenvalue weighted by molar-refractivity contribution is 6.36. The van der Waals surface area contributed by atoms with E-state index in [1.807, 2.05) is 19.9 Å². The van der Waals surface area contributed by atoms with Crippen LogP contribution in [-0.2, 0) is 14.3 Å². The van der Waals surface area contributed by atoms with Crippen LogP contribution in [0.5, 0.6) is 5.75 Å². The van der Waals surface area contributed by atoms with E-state index in [-0.39, 0.29) is 23.9 Å². The number of carbonyl (C=O) groups is 2. The molecule has 0 radical (unpaired) electrons. The number of benzene rings is 2. The Morgan fingerprint density at radius 3 is 2.40 bits per heavy atom. The minimum Gasteiger partial charge on any atom is -0.495 e. The Hall–Kier alpha value is -3.19. The van der Waals surface area contributed by atoms with Gasteiger partial charge >= 0.3 is 0 Å². The second kappa shape index (κ2) is 9.54. The average molecular weight is 412 g/mol. The quantitative estimate of drug-likeness (QED) is 0.501. The maximum absolute atomic E-state index is 13.4. The molecule has 2 aromatic carbocycles. The van der Waals surface area contributed by atoms with Crippen LogP contribution < -0.4 is 10.1 Å². The predicted octanol–water partition coefficient (Wildman–Crippen LogP) is 3.84. The molecule has 3 rings (SSSR count). The number of hydrogen-bond donors (Lipinski definition) is 1. The summed E-state index contributed by atoms with van der Waals surface area (Å²) in [6.45, 7) is 4.52. The van der Waals surface area contributed by atoms with Crippen LogP contribution in [-0.4, -0.2) is 43.1 Å². The number of methoxy groups -OCH3 is 1. The number of hydrogen-bond acceptors (Lipinski definition) is 5. The monoisotopic (exact) mass is 412 g/mol. The number of halogens is 1. The number of ether oxygens (including phenoxy) is 2. The molecule has 0 bridgehead atoms. The first-order valence-corrected chi connectivity index (χ1v) is 9.80. The third-order valence-electron chi connectivity index (χ3n) is 4.64. The van der Waals surface area contributed by atoms with Crippen molar-refractivity contribution in [1.29, 1.82) is 0 Å². The lowest BCUT2D eigenvalue weighted by atomic mass is 10.0. The Bertz CT molecular complexity index is 954. The van der Waals surface area contributed by atoms with Gasteiger partial charge in [-0.05, 0) is 50.1 Å². The van der Waals surface area contributed by atoms with E-state index < -0.39 is 17.6 Å². The van der Waals surface area contributed by atoms with Gasteiger partial charge in [-0.3, -0.25) is 14.5 Å². The summed E-state index contributed by atoms with van der Waals surface area (Å²) >= 11 is 0. The summed E-state index contributed by atoms with van der Waals surface area (Å²) in [4.78, 5) is 27.4. The molecule has 0 aliphatic carbocycles. The average Bonchev–Trinajstić information content (AvgIpc) is 2.96. The maximum Gasteiger partial charge on any atom is 0.278 e. The van der Waals surface area contributed by atoms with Crippen LogP contribution >= 0.6 is 0 Å². The number of nitrogens with zero attached hydrogens (tertiary/aromatic N) is 1. The minimum absolute atomic E-state index is 0.0747. The van der Waals surface area contributed by atoms with E-state index in [0.717, 1.165) is 0 Å². The van der Waals surface area contributed by atoms with Gasteiger partial charge in [0.15, 0.2) is 0 Å². The highest BCUT2D eigenvalue weighted by Gasteiger charge is 2.39. The topological polar surface area (TPSA) is 67.9 Å². The second-order valence-corrected chi connectivity index (χ2v) is 7.12. The molecule has 6 nitrogen and oxygen atoms in total. The molecule has 1 N–H and O–H groups in total. The predicted molar refractivity (Wildman–Crippen MR) is 112 cm³/mol. The number of rotatable bonds is 9. The second-order valence-electron chi connectivity index (χ2n) is 7.12. The van der Waals surface area contributed by atoms with Crippen molar-refractivity contribution in [3.63, 3.8) is 0 Å². The van der Waals surface area contributed by atoms with Crippen LogP contribution in [0.3, 0.4) is 0 Å². The normalized spacial score (nSPS) is 14.1. The molecule has 0 unspecified atom stereocenters. The first kappa shape index (κ1) is 21.5. The highest BCUT2D eigenvalue weighted by atomic mass is 19.1. The van der Waals surface area contributed by atoms with Crippen LogP contribution in [0.1, 0.15) is 25.8 Å². The van der Waals surface area contributed by atoms with Crippen LogP contribution in [0.25, 0.3) is 5.57 Å². The zero-order valence-corrected chi connectivity index (χ0v) is 17.3. The summed E-state index contributed by atoms with van der Waals surface area (Å²) in [7, 11) is 1.53. The van der Waals surface area contributed by atoms with Crippen molar-refractivity contribution in [3.05, 3.63) is 65.6 Å². The van der Waals surface area contributed by atoms with Crippen LogP contribution in [0.15, 0.2) is 54.2 Å². The molecular weight excluding hydrogens is 387 g/mol. The summed E-state index contributed by atoms with van der Waals surface area (Å²) in [5.74, 6) is -0.742. The summed E-state index contributed by atoms with van der Waals surface area (Å²) in [5, 5.41) is 3.06. The fourth-order valence-electron chi connectivity index (χ4n) is 3.20. The van der Waals surface area contributed by atoms with Gasteiger partial charge in [0, 0.05) is 13.2 Å². The maximum atomic E-state index is 13.4. The van der Waals surface area contributed by atoms with Gasteiger partial charge in [0.05, 0.1) is 24.5 Å². The molecule has 1 aliphatic rings. The van der Waals surface area contributed by atoms with Gasteiger partial charge in [0.2, 0.25) is 0 Å². The third-order valence-corrected chi connectivity index (χ3v) is 4.64. The zero-order chi connectivity index (χ0) is 21.7. The van der Waals surface area contributed by atoms with Gasteiger partial charge < -0.3 is 14.8 Å². The van der Waals surface area contributed by atoms with Crippen molar-refractivity contribution in [1.82, 2.24) is 4.90 Å². The van der Waals surface area contributed by atoms with E-state index in [2.05, 4.69) is 5.32 Å². The lowest BCUT2D eigenvalue weighted by Gasteiger charge is -2.16. The van der Waals surface area contributed by atoms with Crippen LogP contribution in [0.2, 0.25) is 0 Å². The SMILES string of the molecule is COc1ccccc1NC1=C(c2ccc(F)cc2)C(=O)N(CCCOC(C)C)C1=O. The van der Waals surface area contributed by atoms with E-state index in [0.29, 0.717) is 30.0 Å². The van der Waals surface area contributed by atoms with Crippen molar-refractivity contribution in [2.45, 2.75) is 26.4 Å². The lowest BCUT2D eigenvalue weighted by Crippen LogP contribution is -2.34. The molecule has 30 heavy (non-hydrogen) atoms. The Kier molecular flexibility index (Phi) is 6.84. The van der Waals surface area contributed by atoms with Crippen LogP contribution in [0.4, 0.5) is 10.1 Å². The minimum atomic E-state index is -0.435. The zero-order valence-electron chi connectivity index (χ0n) is 17.3. The molecule has 7 heteroatoms. The molecule has 0 spiro atoms.